The molecule has 2 aromatic rings. The van der Waals surface area contributed by atoms with E-state index in [2.05, 4.69) is 0 Å². The fraction of sp³-hybridized carbons (Fsp3) is 0.0667. The molecule has 0 heterocycles. The van der Waals surface area contributed by atoms with Crippen LogP contribution in [0.1, 0.15) is 12.5 Å². The van der Waals surface area contributed by atoms with E-state index in [0.29, 0.717) is 5.56 Å². The van der Waals surface area contributed by atoms with Crippen LogP contribution in [0, 0.1) is 0 Å². The molecule has 0 N–H and O–H groups in total. The standard InChI is InChI=1S/C15H13FO2S/c1-12(13-8-4-2-5-9-13)15(16)19(17,18)14-10-6-3-7-11-14/h2-11H,1H3/b15-12-. The van der Waals surface area contributed by atoms with Crippen LogP contribution in [-0.2, 0) is 9.84 Å². The molecule has 0 atom stereocenters. The van der Waals surface area contributed by atoms with Gasteiger partial charge in [-0.25, -0.2) is 8.42 Å². The summed E-state index contributed by atoms with van der Waals surface area (Å²) in [6, 6.07) is 16.2. The first-order valence-corrected chi connectivity index (χ1v) is 7.24. The summed E-state index contributed by atoms with van der Waals surface area (Å²) in [5, 5.41) is -1.11. The molecule has 0 spiro atoms. The quantitative estimate of drug-likeness (QED) is 0.854. The highest BCUT2D eigenvalue weighted by Gasteiger charge is 2.23. The van der Waals surface area contributed by atoms with Gasteiger partial charge in [0.15, 0.2) is 0 Å². The van der Waals surface area contributed by atoms with Crippen molar-refractivity contribution in [1.29, 1.82) is 0 Å². The summed E-state index contributed by atoms with van der Waals surface area (Å²) in [5.41, 5.74) is 0.670. The Morgan fingerprint density at radius 1 is 0.895 bits per heavy atom. The van der Waals surface area contributed by atoms with Crippen molar-refractivity contribution in [3.63, 3.8) is 0 Å². The van der Waals surface area contributed by atoms with Crippen LogP contribution in [0.25, 0.3) is 5.57 Å². The molecule has 0 aliphatic rings. The second-order valence-corrected chi connectivity index (χ2v) is 5.92. The zero-order valence-corrected chi connectivity index (χ0v) is 11.2. The minimum atomic E-state index is -4.07. The third kappa shape index (κ3) is 2.74. The Hall–Kier alpha value is -1.94. The number of benzene rings is 2. The molecule has 0 fully saturated rings. The minimum absolute atomic E-state index is 0.0391. The predicted molar refractivity (Wildman–Crippen MR) is 73.8 cm³/mol. The molecule has 0 aromatic heterocycles. The predicted octanol–water partition coefficient (Wildman–Crippen LogP) is 3.82. The highest BCUT2D eigenvalue weighted by molar-refractivity contribution is 7.95. The zero-order valence-electron chi connectivity index (χ0n) is 10.4. The van der Waals surface area contributed by atoms with E-state index in [0.717, 1.165) is 0 Å². The average Bonchev–Trinajstić information content (AvgIpc) is 2.47. The van der Waals surface area contributed by atoms with Crippen LogP contribution in [0.4, 0.5) is 4.39 Å². The second kappa shape index (κ2) is 5.36. The van der Waals surface area contributed by atoms with Gasteiger partial charge >= 0.3 is 0 Å². The number of halogens is 1. The molecule has 0 aliphatic carbocycles. The van der Waals surface area contributed by atoms with Gasteiger partial charge in [0.1, 0.15) is 0 Å². The summed E-state index contributed by atoms with van der Waals surface area (Å²) < 4.78 is 38.5. The molecule has 0 amide bonds. The van der Waals surface area contributed by atoms with Crippen molar-refractivity contribution in [2.45, 2.75) is 11.8 Å². The lowest BCUT2D eigenvalue weighted by Crippen LogP contribution is -2.03. The summed E-state index contributed by atoms with van der Waals surface area (Å²) in [5.74, 6) is 0. The van der Waals surface area contributed by atoms with Crippen molar-refractivity contribution in [3.05, 3.63) is 71.4 Å². The van der Waals surface area contributed by atoms with E-state index in [1.54, 1.807) is 48.5 Å². The van der Waals surface area contributed by atoms with E-state index in [-0.39, 0.29) is 10.5 Å². The van der Waals surface area contributed by atoms with Gasteiger partial charge in [0.25, 0.3) is 0 Å². The van der Waals surface area contributed by atoms with Crippen molar-refractivity contribution < 1.29 is 12.8 Å². The molecule has 98 valence electrons. The van der Waals surface area contributed by atoms with Crippen LogP contribution >= 0.6 is 0 Å². The third-order valence-corrected chi connectivity index (χ3v) is 4.46. The minimum Gasteiger partial charge on any atom is -0.216 e. The molecule has 0 bridgehead atoms. The monoisotopic (exact) mass is 276 g/mol. The number of allylic oxidation sites excluding steroid dienone is 1. The Morgan fingerprint density at radius 3 is 1.89 bits per heavy atom. The van der Waals surface area contributed by atoms with Crippen molar-refractivity contribution in [1.82, 2.24) is 0 Å². The van der Waals surface area contributed by atoms with E-state index < -0.39 is 15.0 Å². The Balaban J connectivity index is 2.53. The molecule has 4 heteroatoms. The zero-order chi connectivity index (χ0) is 13.9. The number of hydrogen-bond donors (Lipinski definition) is 0. The maximum atomic E-state index is 14.2. The van der Waals surface area contributed by atoms with Crippen molar-refractivity contribution in [3.8, 4) is 0 Å². The Morgan fingerprint density at radius 2 is 1.37 bits per heavy atom. The number of sulfone groups is 1. The molecule has 2 aromatic carbocycles. The molecule has 0 aliphatic heterocycles. The molecule has 0 saturated heterocycles. The van der Waals surface area contributed by atoms with Crippen LogP contribution < -0.4 is 0 Å². The summed E-state index contributed by atoms with van der Waals surface area (Å²) in [6.45, 7) is 1.46. The maximum Gasteiger partial charge on any atom is 0.233 e. The van der Waals surface area contributed by atoms with E-state index >= 15 is 0 Å². The Kier molecular flexibility index (Phi) is 3.81. The van der Waals surface area contributed by atoms with E-state index in [1.165, 1.54) is 19.1 Å². The highest BCUT2D eigenvalue weighted by atomic mass is 32.2. The van der Waals surface area contributed by atoms with Crippen LogP contribution in [0.5, 0.6) is 0 Å². The average molecular weight is 276 g/mol. The van der Waals surface area contributed by atoms with Crippen LogP contribution in [0.2, 0.25) is 0 Å². The van der Waals surface area contributed by atoms with Gasteiger partial charge in [0.05, 0.1) is 4.90 Å². The Bertz CT molecular complexity index is 689. The second-order valence-electron chi connectivity index (χ2n) is 4.08. The molecule has 2 nitrogen and oxygen atoms in total. The molecule has 2 rings (SSSR count). The van der Waals surface area contributed by atoms with Gasteiger partial charge in [0.2, 0.25) is 15.0 Å². The molecule has 0 radical (unpaired) electrons. The molecule has 0 unspecified atom stereocenters. The Labute approximate surface area is 112 Å². The molecule has 19 heavy (non-hydrogen) atoms. The lowest BCUT2D eigenvalue weighted by atomic mass is 10.1. The number of hydrogen-bond acceptors (Lipinski definition) is 2. The van der Waals surface area contributed by atoms with Gasteiger partial charge in [0, 0.05) is 5.57 Å². The fourth-order valence-corrected chi connectivity index (χ4v) is 2.95. The fourth-order valence-electron chi connectivity index (χ4n) is 1.71. The first-order valence-electron chi connectivity index (χ1n) is 5.75. The van der Waals surface area contributed by atoms with Gasteiger partial charge in [-0.1, -0.05) is 48.5 Å². The summed E-state index contributed by atoms with van der Waals surface area (Å²) in [4.78, 5) is -0.0391. The SMILES string of the molecule is C/C(=C(\F)S(=O)(=O)c1ccccc1)c1ccccc1. The van der Waals surface area contributed by atoms with Crippen LogP contribution in [-0.4, -0.2) is 8.42 Å². The van der Waals surface area contributed by atoms with Crippen molar-refractivity contribution in [2.75, 3.05) is 0 Å². The van der Waals surface area contributed by atoms with Gasteiger partial charge in [-0.15, -0.1) is 0 Å². The molecular formula is C15H13FO2S. The normalized spacial score (nSPS) is 12.9. The molecular weight excluding hydrogens is 263 g/mol. The first kappa shape index (κ1) is 13.5. The van der Waals surface area contributed by atoms with Gasteiger partial charge in [-0.2, -0.15) is 4.39 Å². The largest absolute Gasteiger partial charge is 0.233 e. The van der Waals surface area contributed by atoms with E-state index in [4.69, 9.17) is 0 Å². The maximum absolute atomic E-state index is 14.2. The van der Waals surface area contributed by atoms with E-state index in [1.807, 2.05) is 0 Å². The van der Waals surface area contributed by atoms with Gasteiger partial charge < -0.3 is 0 Å². The number of rotatable bonds is 3. The summed E-state index contributed by atoms with van der Waals surface area (Å²) in [6.07, 6.45) is 0. The molecule has 0 saturated carbocycles. The lowest BCUT2D eigenvalue weighted by molar-refractivity contribution is 0.578. The summed E-state index contributed by atoms with van der Waals surface area (Å²) in [7, 11) is -4.07. The van der Waals surface area contributed by atoms with Gasteiger partial charge in [-0.05, 0) is 24.6 Å². The van der Waals surface area contributed by atoms with Crippen LogP contribution in [0.3, 0.4) is 0 Å². The van der Waals surface area contributed by atoms with Crippen molar-refractivity contribution in [2.24, 2.45) is 0 Å². The van der Waals surface area contributed by atoms with Crippen molar-refractivity contribution >= 4 is 15.4 Å². The smallest absolute Gasteiger partial charge is 0.216 e. The third-order valence-electron chi connectivity index (χ3n) is 2.79. The topological polar surface area (TPSA) is 34.1 Å². The highest BCUT2D eigenvalue weighted by Crippen LogP contribution is 2.27. The first-order chi connectivity index (χ1) is 9.03. The van der Waals surface area contributed by atoms with E-state index in [9.17, 15) is 12.8 Å². The van der Waals surface area contributed by atoms with Crippen LogP contribution in [0.15, 0.2) is 70.7 Å². The van der Waals surface area contributed by atoms with Gasteiger partial charge in [-0.3, -0.25) is 0 Å². The lowest BCUT2D eigenvalue weighted by Gasteiger charge is -2.06. The summed E-state index contributed by atoms with van der Waals surface area (Å²) >= 11 is 0.